The van der Waals surface area contributed by atoms with Crippen molar-refractivity contribution in [3.8, 4) is 16.9 Å². The van der Waals surface area contributed by atoms with Crippen molar-refractivity contribution in [2.45, 2.75) is 51.0 Å². The standard InChI is InChI=1S/C33H37FN4O2/c1-22-29(18-30(26-7-9-27(34)10-8-26)38(22)28-5-3-2-4-6-28)31(39)36-11-13-37(14-12-36)32(40)35-33-19-23-15-24(20-33)17-25(16-23)21-33/h2-10,18,23-25H,11-17,19-21H2,1H3,(H,35,40). The molecule has 0 radical (unpaired) electrons. The lowest BCUT2D eigenvalue weighted by Crippen LogP contribution is -2.63. The molecule has 4 saturated carbocycles. The lowest BCUT2D eigenvalue weighted by atomic mass is 9.53. The lowest BCUT2D eigenvalue weighted by molar-refractivity contribution is -0.0164. The summed E-state index contributed by atoms with van der Waals surface area (Å²) in [6.45, 7) is 4.05. The van der Waals surface area contributed by atoms with E-state index in [1.54, 1.807) is 12.1 Å². The summed E-state index contributed by atoms with van der Waals surface area (Å²) in [5, 5.41) is 3.48. The average Bonchev–Trinajstić information content (AvgIpc) is 3.29. The molecule has 1 N–H and O–H groups in total. The third kappa shape index (κ3) is 4.49. The number of benzene rings is 2. The van der Waals surface area contributed by atoms with Crippen LogP contribution in [0.1, 0.15) is 54.6 Å². The summed E-state index contributed by atoms with van der Waals surface area (Å²) < 4.78 is 15.7. The monoisotopic (exact) mass is 540 g/mol. The van der Waals surface area contributed by atoms with Crippen LogP contribution in [0.3, 0.4) is 0 Å². The number of piperazine rings is 1. The molecule has 4 aliphatic carbocycles. The van der Waals surface area contributed by atoms with E-state index < -0.39 is 0 Å². The third-order valence-electron chi connectivity index (χ3n) is 9.90. The predicted molar refractivity (Wildman–Crippen MR) is 153 cm³/mol. The molecule has 2 heterocycles. The molecule has 208 valence electrons. The van der Waals surface area contributed by atoms with E-state index in [1.807, 2.05) is 53.1 Å². The van der Waals surface area contributed by atoms with E-state index in [9.17, 15) is 14.0 Å². The number of amides is 3. The molecule has 4 bridgehead atoms. The summed E-state index contributed by atoms with van der Waals surface area (Å²) in [5.41, 5.74) is 4.11. The van der Waals surface area contributed by atoms with Crippen LogP contribution in [0.25, 0.3) is 16.9 Å². The first-order chi connectivity index (χ1) is 19.4. The first kappa shape index (κ1) is 25.4. The Morgan fingerprint density at radius 2 is 1.40 bits per heavy atom. The van der Waals surface area contributed by atoms with Gasteiger partial charge in [-0.3, -0.25) is 4.79 Å². The number of nitrogens with one attached hydrogen (secondary N) is 1. The Hall–Kier alpha value is -3.61. The van der Waals surface area contributed by atoms with Gasteiger partial charge in [-0.2, -0.15) is 0 Å². The van der Waals surface area contributed by atoms with Gasteiger partial charge in [0.05, 0.1) is 11.3 Å². The van der Waals surface area contributed by atoms with Gasteiger partial charge >= 0.3 is 6.03 Å². The van der Waals surface area contributed by atoms with Crippen LogP contribution in [-0.2, 0) is 0 Å². The fourth-order valence-electron chi connectivity index (χ4n) is 8.42. The summed E-state index contributed by atoms with van der Waals surface area (Å²) >= 11 is 0. The molecule has 1 aromatic heterocycles. The van der Waals surface area contributed by atoms with Crippen molar-refractivity contribution < 1.29 is 14.0 Å². The van der Waals surface area contributed by atoms with Crippen LogP contribution in [0.2, 0.25) is 0 Å². The minimum Gasteiger partial charge on any atom is -0.335 e. The second-order valence-corrected chi connectivity index (χ2v) is 12.6. The van der Waals surface area contributed by atoms with Gasteiger partial charge in [0.1, 0.15) is 5.82 Å². The minimum absolute atomic E-state index is 0.00694. The molecule has 0 atom stereocenters. The fraction of sp³-hybridized carbons (Fsp3) is 0.455. The lowest BCUT2D eigenvalue weighted by Gasteiger charge is -2.57. The Morgan fingerprint density at radius 1 is 0.825 bits per heavy atom. The quantitative estimate of drug-likeness (QED) is 0.440. The summed E-state index contributed by atoms with van der Waals surface area (Å²) in [4.78, 5) is 30.9. The molecule has 1 saturated heterocycles. The Labute approximate surface area is 235 Å². The molecular formula is C33H37FN4O2. The minimum atomic E-state index is -0.292. The maximum atomic E-state index is 13.8. The number of halogens is 1. The number of carbonyl (C=O) groups is 2. The maximum Gasteiger partial charge on any atom is 0.317 e. The van der Waals surface area contributed by atoms with E-state index in [4.69, 9.17) is 0 Å². The van der Waals surface area contributed by atoms with Gasteiger partial charge in [0.15, 0.2) is 0 Å². The number of nitrogens with zero attached hydrogens (tertiary/aromatic N) is 3. The molecule has 7 heteroatoms. The van der Waals surface area contributed by atoms with Gasteiger partial charge in [0, 0.05) is 43.1 Å². The smallest absolute Gasteiger partial charge is 0.317 e. The highest BCUT2D eigenvalue weighted by Gasteiger charge is 2.52. The summed E-state index contributed by atoms with van der Waals surface area (Å²) in [5.74, 6) is 2.03. The van der Waals surface area contributed by atoms with Gasteiger partial charge in [0.25, 0.3) is 5.91 Å². The van der Waals surface area contributed by atoms with Crippen LogP contribution in [0.15, 0.2) is 60.7 Å². The van der Waals surface area contributed by atoms with Crippen LogP contribution in [-0.4, -0.2) is 58.0 Å². The topological polar surface area (TPSA) is 57.6 Å². The Kier molecular flexibility index (Phi) is 6.21. The van der Waals surface area contributed by atoms with Crippen molar-refractivity contribution in [1.82, 2.24) is 19.7 Å². The van der Waals surface area contributed by atoms with Crippen molar-refractivity contribution >= 4 is 11.9 Å². The predicted octanol–water partition coefficient (Wildman–Crippen LogP) is 6.03. The molecule has 40 heavy (non-hydrogen) atoms. The van der Waals surface area contributed by atoms with Crippen LogP contribution < -0.4 is 5.32 Å². The van der Waals surface area contributed by atoms with Crippen molar-refractivity contribution in [3.63, 3.8) is 0 Å². The number of carbonyl (C=O) groups excluding carboxylic acids is 2. The van der Waals surface area contributed by atoms with Crippen molar-refractivity contribution in [1.29, 1.82) is 0 Å². The Morgan fingerprint density at radius 3 is 2.00 bits per heavy atom. The van der Waals surface area contributed by atoms with Crippen molar-refractivity contribution in [2.75, 3.05) is 26.2 Å². The zero-order valence-electron chi connectivity index (χ0n) is 23.1. The highest BCUT2D eigenvalue weighted by molar-refractivity contribution is 5.97. The van der Waals surface area contributed by atoms with E-state index in [1.165, 1.54) is 31.4 Å². The summed E-state index contributed by atoms with van der Waals surface area (Å²) in [6.07, 6.45) is 7.46. The van der Waals surface area contributed by atoms with Gasteiger partial charge in [-0.25, -0.2) is 9.18 Å². The van der Waals surface area contributed by atoms with Gasteiger partial charge in [0.2, 0.25) is 0 Å². The van der Waals surface area contributed by atoms with E-state index in [-0.39, 0.29) is 23.3 Å². The van der Waals surface area contributed by atoms with Crippen molar-refractivity contribution in [3.05, 3.63) is 77.7 Å². The average molecular weight is 541 g/mol. The zero-order chi connectivity index (χ0) is 27.4. The van der Waals surface area contributed by atoms with E-state index in [0.717, 1.165) is 59.7 Å². The molecule has 5 fully saturated rings. The molecule has 8 rings (SSSR count). The largest absolute Gasteiger partial charge is 0.335 e. The molecule has 0 unspecified atom stereocenters. The van der Waals surface area contributed by atoms with Crippen LogP contribution in [0, 0.1) is 30.5 Å². The van der Waals surface area contributed by atoms with Crippen LogP contribution in [0.5, 0.6) is 0 Å². The van der Waals surface area contributed by atoms with E-state index in [0.29, 0.717) is 31.7 Å². The maximum absolute atomic E-state index is 13.8. The van der Waals surface area contributed by atoms with Crippen LogP contribution >= 0.6 is 0 Å². The van der Waals surface area contributed by atoms with Gasteiger partial charge in [-0.15, -0.1) is 0 Å². The summed E-state index contributed by atoms with van der Waals surface area (Å²) in [7, 11) is 0. The first-order valence-electron chi connectivity index (χ1n) is 14.8. The molecule has 3 amide bonds. The Balaban J connectivity index is 1.07. The summed E-state index contributed by atoms with van der Waals surface area (Å²) in [6, 6.07) is 18.3. The molecule has 1 aliphatic heterocycles. The molecule has 3 aromatic rings. The molecule has 6 nitrogen and oxygen atoms in total. The SMILES string of the molecule is Cc1c(C(=O)N2CCN(C(=O)NC34CC5CC(CC(C5)C3)C4)CC2)cc(-c2ccc(F)cc2)n1-c1ccccc1. The normalized spacial score (nSPS) is 27.2. The number of para-hydroxylation sites is 1. The number of aromatic nitrogens is 1. The Bertz CT molecular complexity index is 1390. The van der Waals surface area contributed by atoms with Gasteiger partial charge in [-0.05, 0) is 111 Å². The fourth-order valence-corrected chi connectivity index (χ4v) is 8.42. The number of urea groups is 1. The van der Waals surface area contributed by atoms with Crippen LogP contribution in [0.4, 0.5) is 9.18 Å². The van der Waals surface area contributed by atoms with E-state index >= 15 is 0 Å². The molecular weight excluding hydrogens is 503 g/mol. The highest BCUT2D eigenvalue weighted by atomic mass is 19.1. The number of rotatable bonds is 4. The second-order valence-electron chi connectivity index (χ2n) is 12.6. The zero-order valence-corrected chi connectivity index (χ0v) is 23.1. The van der Waals surface area contributed by atoms with Gasteiger partial charge < -0.3 is 19.7 Å². The molecule has 2 aromatic carbocycles. The number of hydrogen-bond acceptors (Lipinski definition) is 2. The highest BCUT2D eigenvalue weighted by Crippen LogP contribution is 2.55. The first-order valence-corrected chi connectivity index (χ1v) is 14.8. The molecule has 5 aliphatic rings. The second kappa shape index (κ2) is 9.79. The third-order valence-corrected chi connectivity index (χ3v) is 9.90. The molecule has 0 spiro atoms. The van der Waals surface area contributed by atoms with Crippen molar-refractivity contribution in [2.24, 2.45) is 17.8 Å². The van der Waals surface area contributed by atoms with E-state index in [2.05, 4.69) is 9.88 Å². The number of hydrogen-bond donors (Lipinski definition) is 1. The van der Waals surface area contributed by atoms with Gasteiger partial charge in [-0.1, -0.05) is 18.2 Å².